The van der Waals surface area contributed by atoms with Crippen molar-refractivity contribution in [3.05, 3.63) is 33.9 Å². The van der Waals surface area contributed by atoms with E-state index in [4.69, 9.17) is 9.47 Å². The van der Waals surface area contributed by atoms with Crippen molar-refractivity contribution in [2.45, 2.75) is 26.3 Å². The molecule has 10 heteroatoms. The Kier molecular flexibility index (Phi) is 4.29. The zero-order chi connectivity index (χ0) is 19.2. The van der Waals surface area contributed by atoms with E-state index in [0.29, 0.717) is 6.07 Å². The van der Waals surface area contributed by atoms with Crippen LogP contribution in [0.1, 0.15) is 30.2 Å². The molecule has 1 atom stereocenters. The van der Waals surface area contributed by atoms with Crippen LogP contribution in [0.4, 0.5) is 17.6 Å². The van der Waals surface area contributed by atoms with Gasteiger partial charge in [0.25, 0.3) is 0 Å². The number of benzene rings is 1. The normalized spacial score (nSPS) is 16.3. The molecule has 1 aromatic heterocycles. The molecule has 0 amide bonds. The molecule has 2 aromatic rings. The van der Waals surface area contributed by atoms with Crippen molar-refractivity contribution in [3.8, 4) is 11.5 Å². The Morgan fingerprint density at radius 3 is 2.73 bits per heavy atom. The summed E-state index contributed by atoms with van der Waals surface area (Å²) in [6.45, 7) is 3.13. The van der Waals surface area contributed by atoms with Gasteiger partial charge < -0.3 is 18.8 Å². The van der Waals surface area contributed by atoms with Crippen molar-refractivity contribution >= 4 is 16.9 Å². The van der Waals surface area contributed by atoms with E-state index in [1.807, 2.05) is 0 Å². The highest BCUT2D eigenvalue weighted by molar-refractivity contribution is 5.96. The Bertz CT molecular complexity index is 951. The van der Waals surface area contributed by atoms with Gasteiger partial charge in [-0.3, -0.25) is 4.79 Å². The molecule has 0 spiro atoms. The highest BCUT2D eigenvalue weighted by Crippen LogP contribution is 2.43. The number of alkyl halides is 3. The summed E-state index contributed by atoms with van der Waals surface area (Å²) in [7, 11) is 0. The van der Waals surface area contributed by atoms with Crippen LogP contribution < -0.4 is 14.9 Å². The van der Waals surface area contributed by atoms with Gasteiger partial charge in [-0.1, -0.05) is 0 Å². The first-order chi connectivity index (χ1) is 12.1. The number of rotatable bonds is 3. The maximum absolute atomic E-state index is 14.2. The van der Waals surface area contributed by atoms with Gasteiger partial charge in [0, 0.05) is 6.20 Å². The van der Waals surface area contributed by atoms with Crippen LogP contribution >= 0.6 is 0 Å². The molecule has 140 valence electrons. The molecule has 0 bridgehead atoms. The lowest BCUT2D eigenvalue weighted by atomic mass is 10.1. The Morgan fingerprint density at radius 1 is 1.42 bits per heavy atom. The fraction of sp³-hybridized carbons (Fsp3) is 0.375. The van der Waals surface area contributed by atoms with Crippen LogP contribution in [0, 0.1) is 5.82 Å². The standard InChI is InChI=1S/C16H13F4NO5/c1-3-24-15(23)9-5-21-7(2)6-25-14-11(21)8(12(9)22)4-10(17)13(14)26-16(18,19)20/h4-5,7H,3,6H2,1-2H3/t7-/m0/s1. The van der Waals surface area contributed by atoms with Gasteiger partial charge in [0.15, 0.2) is 11.6 Å². The third-order valence-corrected chi connectivity index (χ3v) is 3.84. The van der Waals surface area contributed by atoms with Crippen LogP contribution in [-0.4, -0.2) is 30.1 Å². The van der Waals surface area contributed by atoms with E-state index in [1.165, 1.54) is 10.8 Å². The molecule has 0 N–H and O–H groups in total. The molecule has 1 aliphatic heterocycles. The molecule has 0 radical (unpaired) electrons. The largest absolute Gasteiger partial charge is 0.573 e. The Morgan fingerprint density at radius 2 is 2.12 bits per heavy atom. The number of pyridine rings is 1. The second kappa shape index (κ2) is 6.19. The molecule has 6 nitrogen and oxygen atoms in total. The number of carbonyl (C=O) groups excluding carboxylic acids is 1. The minimum absolute atomic E-state index is 0.0208. The van der Waals surface area contributed by atoms with Gasteiger partial charge in [-0.05, 0) is 19.9 Å². The number of aromatic nitrogens is 1. The molecule has 2 heterocycles. The number of hydrogen-bond donors (Lipinski definition) is 0. The Balaban J connectivity index is 2.35. The number of carbonyl (C=O) groups is 1. The SMILES string of the molecule is CCOC(=O)c1cn2c3c(c(OC(F)(F)F)c(F)cc3c1=O)OC[C@@H]2C. The van der Waals surface area contributed by atoms with Gasteiger partial charge in [-0.2, -0.15) is 0 Å². The first-order valence-corrected chi connectivity index (χ1v) is 7.61. The highest BCUT2D eigenvalue weighted by atomic mass is 19.4. The molecule has 0 fully saturated rings. The summed E-state index contributed by atoms with van der Waals surface area (Å²) < 4.78 is 67.2. The lowest BCUT2D eigenvalue weighted by Gasteiger charge is -2.28. The third kappa shape index (κ3) is 2.95. The number of halogens is 4. The van der Waals surface area contributed by atoms with E-state index >= 15 is 0 Å². The lowest BCUT2D eigenvalue weighted by Crippen LogP contribution is -2.28. The van der Waals surface area contributed by atoms with Crippen LogP contribution in [0.5, 0.6) is 11.5 Å². The van der Waals surface area contributed by atoms with E-state index in [2.05, 4.69) is 4.74 Å². The van der Waals surface area contributed by atoms with Gasteiger partial charge in [-0.25, -0.2) is 9.18 Å². The van der Waals surface area contributed by atoms with E-state index < -0.39 is 41.1 Å². The summed E-state index contributed by atoms with van der Waals surface area (Å²) in [5, 5.41) is -0.302. The Hall–Kier alpha value is -2.78. The average molecular weight is 375 g/mol. The summed E-state index contributed by atoms with van der Waals surface area (Å²) in [5.41, 5.74) is -1.29. The first kappa shape index (κ1) is 18.0. The van der Waals surface area contributed by atoms with Gasteiger partial charge >= 0.3 is 12.3 Å². The second-order valence-electron chi connectivity index (χ2n) is 5.62. The van der Waals surface area contributed by atoms with Crippen molar-refractivity contribution in [1.29, 1.82) is 0 Å². The summed E-state index contributed by atoms with van der Waals surface area (Å²) in [5.74, 6) is -4.03. The van der Waals surface area contributed by atoms with Crippen LogP contribution in [-0.2, 0) is 4.74 Å². The van der Waals surface area contributed by atoms with Gasteiger partial charge in [0.1, 0.15) is 12.2 Å². The topological polar surface area (TPSA) is 66.8 Å². The van der Waals surface area contributed by atoms with E-state index in [9.17, 15) is 27.2 Å². The van der Waals surface area contributed by atoms with Gasteiger partial charge in [0.05, 0.1) is 23.6 Å². The van der Waals surface area contributed by atoms with Crippen LogP contribution in [0.25, 0.3) is 10.9 Å². The molecule has 0 aliphatic carbocycles. The number of hydrogen-bond acceptors (Lipinski definition) is 5. The molecule has 0 saturated heterocycles. The zero-order valence-corrected chi connectivity index (χ0v) is 13.6. The van der Waals surface area contributed by atoms with Crippen molar-refractivity contribution in [2.75, 3.05) is 13.2 Å². The van der Waals surface area contributed by atoms with Crippen molar-refractivity contribution in [2.24, 2.45) is 0 Å². The van der Waals surface area contributed by atoms with Crippen LogP contribution in [0.2, 0.25) is 0 Å². The van der Waals surface area contributed by atoms with Gasteiger partial charge in [0.2, 0.25) is 11.2 Å². The monoisotopic (exact) mass is 375 g/mol. The predicted octanol–water partition coefficient (Wildman–Crippen LogP) is 3.17. The summed E-state index contributed by atoms with van der Waals surface area (Å²) in [6.07, 6.45) is -3.97. The molecule has 1 aliphatic rings. The fourth-order valence-corrected chi connectivity index (χ4v) is 2.77. The minimum Gasteiger partial charge on any atom is -0.485 e. The van der Waals surface area contributed by atoms with Crippen molar-refractivity contribution < 1.29 is 36.6 Å². The summed E-state index contributed by atoms with van der Waals surface area (Å²) in [6, 6.07) is 0.172. The average Bonchev–Trinajstić information content (AvgIpc) is 2.54. The smallest absolute Gasteiger partial charge is 0.485 e. The first-order valence-electron chi connectivity index (χ1n) is 7.61. The molecular weight excluding hydrogens is 362 g/mol. The van der Waals surface area contributed by atoms with Crippen LogP contribution in [0.15, 0.2) is 17.1 Å². The number of ether oxygens (including phenoxy) is 3. The van der Waals surface area contributed by atoms with E-state index in [1.54, 1.807) is 13.8 Å². The van der Waals surface area contributed by atoms with E-state index in [0.717, 1.165) is 0 Å². The quantitative estimate of drug-likeness (QED) is 0.609. The zero-order valence-electron chi connectivity index (χ0n) is 13.6. The fourth-order valence-electron chi connectivity index (χ4n) is 2.77. The predicted molar refractivity (Wildman–Crippen MR) is 81.0 cm³/mol. The highest BCUT2D eigenvalue weighted by Gasteiger charge is 2.37. The summed E-state index contributed by atoms with van der Waals surface area (Å²) >= 11 is 0. The van der Waals surface area contributed by atoms with Crippen molar-refractivity contribution in [3.63, 3.8) is 0 Å². The Labute approximate surface area is 143 Å². The molecule has 0 saturated carbocycles. The second-order valence-corrected chi connectivity index (χ2v) is 5.62. The molecule has 26 heavy (non-hydrogen) atoms. The lowest BCUT2D eigenvalue weighted by molar-refractivity contribution is -0.276. The van der Waals surface area contributed by atoms with E-state index in [-0.39, 0.29) is 29.7 Å². The van der Waals surface area contributed by atoms with Crippen molar-refractivity contribution in [1.82, 2.24) is 4.57 Å². The van der Waals surface area contributed by atoms with Gasteiger partial charge in [-0.15, -0.1) is 13.2 Å². The molecule has 3 rings (SSSR count). The summed E-state index contributed by atoms with van der Waals surface area (Å²) in [4.78, 5) is 24.5. The minimum atomic E-state index is -5.15. The van der Waals surface area contributed by atoms with Crippen LogP contribution in [0.3, 0.4) is 0 Å². The third-order valence-electron chi connectivity index (χ3n) is 3.84. The molecule has 0 unspecified atom stereocenters. The maximum Gasteiger partial charge on any atom is 0.573 e. The molecular formula is C16H13F4NO5. The number of esters is 1. The number of nitrogens with zero attached hydrogens (tertiary/aromatic N) is 1. The maximum atomic E-state index is 14.2. The molecule has 1 aromatic carbocycles.